The van der Waals surface area contributed by atoms with Crippen LogP contribution >= 0.6 is 0 Å². The van der Waals surface area contributed by atoms with Gasteiger partial charge in [-0.3, -0.25) is 0 Å². The standard InChI is InChI=1S/C9H16F2/c1-3-8-4-7(2)5-9(10,11)6-8/h7-8H,3-6H2,1-2H3/t7-,8-/m0/s1. The molecule has 2 heteroatoms. The molecule has 11 heavy (non-hydrogen) atoms. The highest BCUT2D eigenvalue weighted by atomic mass is 19.3. The van der Waals surface area contributed by atoms with Crippen molar-refractivity contribution in [3.63, 3.8) is 0 Å². The van der Waals surface area contributed by atoms with E-state index < -0.39 is 5.92 Å². The van der Waals surface area contributed by atoms with Crippen LogP contribution in [0.3, 0.4) is 0 Å². The molecule has 0 bridgehead atoms. The van der Waals surface area contributed by atoms with Gasteiger partial charge in [-0.2, -0.15) is 0 Å². The Kier molecular flexibility index (Phi) is 2.50. The van der Waals surface area contributed by atoms with Gasteiger partial charge in [0.15, 0.2) is 0 Å². The zero-order valence-electron chi connectivity index (χ0n) is 7.24. The fraction of sp³-hybridized carbons (Fsp3) is 1.00. The molecule has 0 unspecified atom stereocenters. The molecule has 0 nitrogen and oxygen atoms in total. The van der Waals surface area contributed by atoms with Crippen molar-refractivity contribution in [2.24, 2.45) is 11.8 Å². The third-order valence-corrected chi connectivity index (χ3v) is 2.55. The summed E-state index contributed by atoms with van der Waals surface area (Å²) >= 11 is 0. The molecule has 66 valence electrons. The topological polar surface area (TPSA) is 0 Å². The van der Waals surface area contributed by atoms with E-state index in [4.69, 9.17) is 0 Å². The Morgan fingerprint density at radius 2 is 2.00 bits per heavy atom. The van der Waals surface area contributed by atoms with Gasteiger partial charge in [-0.25, -0.2) is 8.78 Å². The fourth-order valence-electron chi connectivity index (χ4n) is 2.06. The Morgan fingerprint density at radius 3 is 2.45 bits per heavy atom. The minimum Gasteiger partial charge on any atom is -0.207 e. The lowest BCUT2D eigenvalue weighted by molar-refractivity contribution is -0.0696. The van der Waals surface area contributed by atoms with Crippen molar-refractivity contribution in [3.8, 4) is 0 Å². The van der Waals surface area contributed by atoms with Gasteiger partial charge in [0.25, 0.3) is 0 Å². The molecule has 1 aliphatic carbocycles. The van der Waals surface area contributed by atoms with E-state index in [0.29, 0.717) is 0 Å². The first-order chi connectivity index (χ1) is 5.03. The lowest BCUT2D eigenvalue weighted by atomic mass is 9.79. The van der Waals surface area contributed by atoms with Crippen molar-refractivity contribution in [3.05, 3.63) is 0 Å². The van der Waals surface area contributed by atoms with Gasteiger partial charge in [0.2, 0.25) is 5.92 Å². The molecule has 1 rings (SSSR count). The maximum atomic E-state index is 12.9. The Morgan fingerprint density at radius 1 is 1.36 bits per heavy atom. The van der Waals surface area contributed by atoms with E-state index >= 15 is 0 Å². The molecule has 0 radical (unpaired) electrons. The summed E-state index contributed by atoms with van der Waals surface area (Å²) < 4.78 is 25.8. The zero-order valence-corrected chi connectivity index (χ0v) is 7.24. The first-order valence-corrected chi connectivity index (χ1v) is 4.41. The lowest BCUT2D eigenvalue weighted by Crippen LogP contribution is -2.30. The molecular formula is C9H16F2. The summed E-state index contributed by atoms with van der Waals surface area (Å²) in [6.45, 7) is 3.93. The Hall–Kier alpha value is -0.140. The van der Waals surface area contributed by atoms with Crippen LogP contribution in [0.25, 0.3) is 0 Å². The minimum atomic E-state index is -2.38. The number of alkyl halides is 2. The van der Waals surface area contributed by atoms with Crippen LogP contribution in [0.2, 0.25) is 0 Å². The van der Waals surface area contributed by atoms with E-state index in [-0.39, 0.29) is 24.7 Å². The molecule has 0 aromatic heterocycles. The van der Waals surface area contributed by atoms with E-state index in [0.717, 1.165) is 12.8 Å². The van der Waals surface area contributed by atoms with Gasteiger partial charge in [0.1, 0.15) is 0 Å². The summed E-state index contributed by atoms with van der Waals surface area (Å²) in [5.74, 6) is -1.91. The molecule has 1 fully saturated rings. The van der Waals surface area contributed by atoms with E-state index in [2.05, 4.69) is 0 Å². The molecular weight excluding hydrogens is 146 g/mol. The van der Waals surface area contributed by atoms with Crippen molar-refractivity contribution in [2.45, 2.75) is 45.5 Å². The quantitative estimate of drug-likeness (QED) is 0.553. The summed E-state index contributed by atoms with van der Waals surface area (Å²) in [6.07, 6.45) is 2.11. The van der Waals surface area contributed by atoms with Gasteiger partial charge in [0.05, 0.1) is 0 Å². The SMILES string of the molecule is CC[C@H]1C[C@H](C)CC(F)(F)C1. The summed E-state index contributed by atoms with van der Waals surface area (Å²) in [5.41, 5.74) is 0. The summed E-state index contributed by atoms with van der Waals surface area (Å²) in [7, 11) is 0. The highest BCUT2D eigenvalue weighted by Gasteiger charge is 2.38. The van der Waals surface area contributed by atoms with Gasteiger partial charge in [-0.1, -0.05) is 20.3 Å². The van der Waals surface area contributed by atoms with E-state index in [9.17, 15) is 8.78 Å². The predicted molar refractivity (Wildman–Crippen MR) is 41.7 cm³/mol. The van der Waals surface area contributed by atoms with Crippen LogP contribution < -0.4 is 0 Å². The third-order valence-electron chi connectivity index (χ3n) is 2.55. The van der Waals surface area contributed by atoms with Gasteiger partial charge >= 0.3 is 0 Å². The monoisotopic (exact) mass is 162 g/mol. The van der Waals surface area contributed by atoms with Gasteiger partial charge < -0.3 is 0 Å². The van der Waals surface area contributed by atoms with Crippen molar-refractivity contribution < 1.29 is 8.78 Å². The lowest BCUT2D eigenvalue weighted by Gasteiger charge is -2.32. The highest BCUT2D eigenvalue weighted by Crippen LogP contribution is 2.40. The minimum absolute atomic E-state index is 0.101. The second-order valence-corrected chi connectivity index (χ2v) is 3.88. The second kappa shape index (κ2) is 3.08. The third kappa shape index (κ3) is 2.42. The smallest absolute Gasteiger partial charge is 0.207 e. The predicted octanol–water partition coefficient (Wildman–Crippen LogP) is 3.47. The molecule has 0 heterocycles. The normalized spacial score (nSPS) is 37.1. The fourth-order valence-corrected chi connectivity index (χ4v) is 2.06. The molecule has 0 aliphatic heterocycles. The molecule has 0 aromatic carbocycles. The molecule has 0 aromatic rings. The van der Waals surface area contributed by atoms with Crippen LogP contribution in [0.4, 0.5) is 8.78 Å². The van der Waals surface area contributed by atoms with Gasteiger partial charge in [-0.15, -0.1) is 0 Å². The summed E-state index contributed by atoms with van der Waals surface area (Å²) in [5, 5.41) is 0. The largest absolute Gasteiger partial charge is 0.248 e. The molecule has 0 N–H and O–H groups in total. The highest BCUT2D eigenvalue weighted by molar-refractivity contribution is 4.81. The van der Waals surface area contributed by atoms with E-state index in [1.54, 1.807) is 0 Å². The first kappa shape index (κ1) is 8.95. The van der Waals surface area contributed by atoms with Crippen molar-refractivity contribution >= 4 is 0 Å². The van der Waals surface area contributed by atoms with Crippen LogP contribution in [0.5, 0.6) is 0 Å². The first-order valence-electron chi connectivity index (χ1n) is 4.41. The van der Waals surface area contributed by atoms with Crippen LogP contribution in [0.15, 0.2) is 0 Å². The molecule has 1 saturated carbocycles. The van der Waals surface area contributed by atoms with E-state index in [1.807, 2.05) is 13.8 Å². The molecule has 2 atom stereocenters. The van der Waals surface area contributed by atoms with Gasteiger partial charge in [-0.05, 0) is 18.3 Å². The number of halogens is 2. The van der Waals surface area contributed by atoms with Crippen molar-refractivity contribution in [1.82, 2.24) is 0 Å². The molecule has 0 spiro atoms. The average molecular weight is 162 g/mol. The molecule has 0 saturated heterocycles. The van der Waals surface area contributed by atoms with E-state index in [1.165, 1.54) is 0 Å². The van der Waals surface area contributed by atoms with Crippen molar-refractivity contribution in [2.75, 3.05) is 0 Å². The summed E-state index contributed by atoms with van der Waals surface area (Å²) in [4.78, 5) is 0. The maximum Gasteiger partial charge on any atom is 0.248 e. The summed E-state index contributed by atoms with van der Waals surface area (Å²) in [6, 6.07) is 0. The van der Waals surface area contributed by atoms with Crippen molar-refractivity contribution in [1.29, 1.82) is 0 Å². The Balaban J connectivity index is 2.51. The molecule has 1 aliphatic rings. The van der Waals surface area contributed by atoms with Crippen LogP contribution in [0, 0.1) is 11.8 Å². The van der Waals surface area contributed by atoms with Crippen LogP contribution in [-0.2, 0) is 0 Å². The Bertz CT molecular complexity index is 132. The number of hydrogen-bond acceptors (Lipinski definition) is 0. The zero-order chi connectivity index (χ0) is 8.48. The number of rotatable bonds is 1. The second-order valence-electron chi connectivity index (χ2n) is 3.88. The van der Waals surface area contributed by atoms with Gasteiger partial charge in [0, 0.05) is 12.8 Å². The maximum absolute atomic E-state index is 12.9. The Labute approximate surface area is 67.0 Å². The molecule has 0 amide bonds. The average Bonchev–Trinajstić information content (AvgIpc) is 1.83. The van der Waals surface area contributed by atoms with Crippen LogP contribution in [-0.4, -0.2) is 5.92 Å². The van der Waals surface area contributed by atoms with Crippen LogP contribution in [0.1, 0.15) is 39.5 Å². The number of hydrogen-bond donors (Lipinski definition) is 0.